The number of anilines is 1. The number of hydrogen-bond acceptors (Lipinski definition) is 6. The molecule has 6 nitrogen and oxygen atoms in total. The van der Waals surface area contributed by atoms with E-state index in [1.807, 2.05) is 23.6 Å². The van der Waals surface area contributed by atoms with Crippen molar-refractivity contribution in [1.82, 2.24) is 14.8 Å². The summed E-state index contributed by atoms with van der Waals surface area (Å²) < 4.78 is 1.90. The van der Waals surface area contributed by atoms with Gasteiger partial charge in [0.05, 0.1) is 17.0 Å². The van der Waals surface area contributed by atoms with E-state index in [1.54, 1.807) is 17.7 Å². The second-order valence-corrected chi connectivity index (χ2v) is 9.83. The number of nitrogens with one attached hydrogen (secondary N) is 1. The van der Waals surface area contributed by atoms with Crippen molar-refractivity contribution in [2.45, 2.75) is 45.2 Å². The van der Waals surface area contributed by atoms with Crippen molar-refractivity contribution in [2.75, 3.05) is 11.1 Å². The first-order chi connectivity index (χ1) is 14.5. The molecule has 30 heavy (non-hydrogen) atoms. The summed E-state index contributed by atoms with van der Waals surface area (Å²) in [5, 5.41) is 22.1. The lowest BCUT2D eigenvalue weighted by molar-refractivity contribution is -0.113. The number of hydrogen-bond donors (Lipinski definition) is 1. The van der Waals surface area contributed by atoms with Gasteiger partial charge >= 0.3 is 0 Å². The van der Waals surface area contributed by atoms with Crippen LogP contribution in [0.15, 0.2) is 29.7 Å². The molecule has 4 rings (SSSR count). The second-order valence-electron chi connectivity index (χ2n) is 7.78. The van der Waals surface area contributed by atoms with Crippen LogP contribution >= 0.6 is 23.1 Å². The summed E-state index contributed by atoms with van der Waals surface area (Å²) >= 11 is 2.88. The summed E-state index contributed by atoms with van der Waals surface area (Å²) in [5.41, 5.74) is 5.08. The maximum Gasteiger partial charge on any atom is 0.235 e. The molecule has 1 N–H and O–H groups in total. The highest BCUT2D eigenvalue weighted by Gasteiger charge is 2.24. The molecule has 0 saturated carbocycles. The van der Waals surface area contributed by atoms with Crippen molar-refractivity contribution in [1.29, 1.82) is 5.26 Å². The van der Waals surface area contributed by atoms with Crippen molar-refractivity contribution in [3.8, 4) is 11.8 Å². The van der Waals surface area contributed by atoms with Crippen LogP contribution in [0.4, 0.5) is 5.00 Å². The predicted octanol–water partition coefficient (Wildman–Crippen LogP) is 4.67. The predicted molar refractivity (Wildman–Crippen MR) is 120 cm³/mol. The zero-order valence-electron chi connectivity index (χ0n) is 17.2. The molecule has 0 spiro atoms. The van der Waals surface area contributed by atoms with E-state index in [-0.39, 0.29) is 11.7 Å². The van der Waals surface area contributed by atoms with Crippen LogP contribution in [0.2, 0.25) is 0 Å². The minimum Gasteiger partial charge on any atom is -0.316 e. The van der Waals surface area contributed by atoms with E-state index in [4.69, 9.17) is 0 Å². The smallest absolute Gasteiger partial charge is 0.235 e. The minimum atomic E-state index is -0.140. The SMILES string of the molecule is Cc1ccc(-n2cnnc2SCC(=O)Nc2sc3c(c2C#N)CCC(C)C3)c(C)c1. The fraction of sp³-hybridized carbons (Fsp3) is 0.364. The van der Waals surface area contributed by atoms with Crippen LogP contribution in [0, 0.1) is 31.1 Å². The highest BCUT2D eigenvalue weighted by atomic mass is 32.2. The van der Waals surface area contributed by atoms with Gasteiger partial charge in [-0.2, -0.15) is 5.26 Å². The Bertz CT molecular complexity index is 1140. The molecule has 1 aliphatic carbocycles. The van der Waals surface area contributed by atoms with Crippen LogP contribution in [-0.4, -0.2) is 26.4 Å². The lowest BCUT2D eigenvalue weighted by Crippen LogP contribution is -2.14. The first-order valence-electron chi connectivity index (χ1n) is 9.91. The Kier molecular flexibility index (Phi) is 5.93. The molecule has 2 aromatic heterocycles. The minimum absolute atomic E-state index is 0.140. The lowest BCUT2D eigenvalue weighted by atomic mass is 9.89. The van der Waals surface area contributed by atoms with Gasteiger partial charge in [0, 0.05) is 4.88 Å². The van der Waals surface area contributed by atoms with Crippen molar-refractivity contribution < 1.29 is 4.79 Å². The van der Waals surface area contributed by atoms with Crippen molar-refractivity contribution in [3.63, 3.8) is 0 Å². The largest absolute Gasteiger partial charge is 0.316 e. The molecule has 1 aromatic carbocycles. The number of thiophene rings is 1. The van der Waals surface area contributed by atoms with E-state index in [9.17, 15) is 10.1 Å². The Hall–Kier alpha value is -2.63. The molecule has 3 aromatic rings. The number of rotatable bonds is 5. The Morgan fingerprint density at radius 1 is 1.43 bits per heavy atom. The average Bonchev–Trinajstić information content (AvgIpc) is 3.29. The van der Waals surface area contributed by atoms with Crippen LogP contribution in [0.1, 0.15) is 40.5 Å². The number of nitriles is 1. The summed E-state index contributed by atoms with van der Waals surface area (Å²) in [5.74, 6) is 0.685. The molecule has 0 bridgehead atoms. The maximum absolute atomic E-state index is 12.6. The highest BCUT2D eigenvalue weighted by Crippen LogP contribution is 2.39. The molecular weight excluding hydrogens is 414 g/mol. The molecule has 0 saturated heterocycles. The number of aromatic nitrogens is 3. The number of thioether (sulfide) groups is 1. The Balaban J connectivity index is 1.46. The lowest BCUT2D eigenvalue weighted by Gasteiger charge is -2.17. The van der Waals surface area contributed by atoms with Gasteiger partial charge in [-0.05, 0) is 56.2 Å². The Labute approximate surface area is 184 Å². The van der Waals surface area contributed by atoms with Gasteiger partial charge in [-0.3, -0.25) is 9.36 Å². The zero-order valence-corrected chi connectivity index (χ0v) is 18.9. The monoisotopic (exact) mass is 437 g/mol. The maximum atomic E-state index is 12.6. The zero-order chi connectivity index (χ0) is 21.3. The second kappa shape index (κ2) is 8.62. The molecule has 1 atom stereocenters. The fourth-order valence-corrected chi connectivity index (χ4v) is 5.91. The summed E-state index contributed by atoms with van der Waals surface area (Å²) in [6.07, 6.45) is 4.66. The molecule has 8 heteroatoms. The average molecular weight is 438 g/mol. The third-order valence-electron chi connectivity index (χ3n) is 5.34. The van der Waals surface area contributed by atoms with E-state index < -0.39 is 0 Å². The van der Waals surface area contributed by atoms with Gasteiger partial charge in [0.15, 0.2) is 5.16 Å². The van der Waals surface area contributed by atoms with Crippen LogP contribution < -0.4 is 5.32 Å². The van der Waals surface area contributed by atoms with Crippen LogP contribution in [0.25, 0.3) is 5.69 Å². The topological polar surface area (TPSA) is 83.6 Å². The van der Waals surface area contributed by atoms with Gasteiger partial charge in [-0.25, -0.2) is 0 Å². The molecule has 0 fully saturated rings. The number of benzene rings is 1. The van der Waals surface area contributed by atoms with E-state index in [0.717, 1.165) is 36.1 Å². The molecule has 2 heterocycles. The Morgan fingerprint density at radius 2 is 2.27 bits per heavy atom. The molecule has 0 radical (unpaired) electrons. The van der Waals surface area contributed by atoms with E-state index in [0.29, 0.717) is 21.6 Å². The number of aryl methyl sites for hydroxylation is 2. The van der Waals surface area contributed by atoms with Gasteiger partial charge in [0.1, 0.15) is 17.4 Å². The first kappa shape index (κ1) is 20.6. The van der Waals surface area contributed by atoms with Crippen molar-refractivity contribution >= 4 is 34.0 Å². The van der Waals surface area contributed by atoms with Crippen molar-refractivity contribution in [2.24, 2.45) is 5.92 Å². The highest BCUT2D eigenvalue weighted by molar-refractivity contribution is 7.99. The number of carbonyl (C=O) groups excluding carboxylic acids is 1. The molecule has 1 amide bonds. The molecule has 1 aliphatic rings. The van der Waals surface area contributed by atoms with Gasteiger partial charge in [0.2, 0.25) is 5.91 Å². The normalized spacial score (nSPS) is 15.5. The summed E-state index contributed by atoms with van der Waals surface area (Å²) in [4.78, 5) is 13.9. The standard InChI is InChI=1S/C22H23N5OS2/c1-13-5-7-18(15(3)8-13)27-12-24-26-22(27)29-11-20(28)25-21-17(10-23)16-6-4-14(2)9-19(16)30-21/h5,7-8,12,14H,4,6,9,11H2,1-3H3,(H,25,28). The fourth-order valence-electron chi connectivity index (χ4n) is 3.81. The molecule has 0 aliphatic heterocycles. The summed E-state index contributed by atoms with van der Waals surface area (Å²) in [7, 11) is 0. The quantitative estimate of drug-likeness (QED) is 0.586. The van der Waals surface area contributed by atoms with E-state index in [2.05, 4.69) is 41.5 Å². The van der Waals surface area contributed by atoms with E-state index in [1.165, 1.54) is 22.2 Å². The molecule has 154 valence electrons. The molecule has 1 unspecified atom stereocenters. The van der Waals surface area contributed by atoms with Gasteiger partial charge in [-0.15, -0.1) is 21.5 Å². The first-order valence-corrected chi connectivity index (χ1v) is 11.7. The number of carbonyl (C=O) groups is 1. The third kappa shape index (κ3) is 4.13. The number of nitrogens with zero attached hydrogens (tertiary/aromatic N) is 4. The Morgan fingerprint density at radius 3 is 3.03 bits per heavy atom. The number of amides is 1. The summed E-state index contributed by atoms with van der Waals surface area (Å²) in [6.45, 7) is 6.34. The van der Waals surface area contributed by atoms with Crippen LogP contribution in [-0.2, 0) is 17.6 Å². The molecular formula is C22H23N5OS2. The van der Waals surface area contributed by atoms with Gasteiger partial charge in [0.25, 0.3) is 0 Å². The number of fused-ring (bicyclic) bond motifs is 1. The van der Waals surface area contributed by atoms with Gasteiger partial charge < -0.3 is 5.32 Å². The van der Waals surface area contributed by atoms with Crippen molar-refractivity contribution in [3.05, 3.63) is 51.7 Å². The van der Waals surface area contributed by atoms with Crippen LogP contribution in [0.5, 0.6) is 0 Å². The summed E-state index contributed by atoms with van der Waals surface area (Å²) in [6, 6.07) is 8.49. The van der Waals surface area contributed by atoms with Gasteiger partial charge in [-0.1, -0.05) is 36.4 Å². The third-order valence-corrected chi connectivity index (χ3v) is 7.45. The van der Waals surface area contributed by atoms with Crippen LogP contribution in [0.3, 0.4) is 0 Å². The van der Waals surface area contributed by atoms with E-state index >= 15 is 0 Å².